The SMILES string of the molecule is CC.CC(=O)C(O)CN1CCOCC1. The zero-order valence-corrected chi connectivity index (χ0v) is 9.32. The Balaban J connectivity index is 0.000000791. The number of aliphatic hydroxyl groups excluding tert-OH is 1. The smallest absolute Gasteiger partial charge is 0.159 e. The molecule has 1 rings (SSSR count). The van der Waals surface area contributed by atoms with E-state index in [1.165, 1.54) is 6.92 Å². The average Bonchev–Trinajstić information content (AvgIpc) is 2.22. The molecule has 0 saturated carbocycles. The maximum Gasteiger partial charge on any atom is 0.159 e. The van der Waals surface area contributed by atoms with Gasteiger partial charge in [0.1, 0.15) is 6.10 Å². The molecular weight excluding hydrogens is 182 g/mol. The zero-order valence-electron chi connectivity index (χ0n) is 9.32. The summed E-state index contributed by atoms with van der Waals surface area (Å²) in [6.45, 7) is 8.87. The molecule has 84 valence electrons. The lowest BCUT2D eigenvalue weighted by Crippen LogP contribution is -2.42. The van der Waals surface area contributed by atoms with E-state index >= 15 is 0 Å². The maximum atomic E-state index is 10.7. The largest absolute Gasteiger partial charge is 0.384 e. The quantitative estimate of drug-likeness (QED) is 0.716. The van der Waals surface area contributed by atoms with Crippen molar-refractivity contribution in [2.75, 3.05) is 32.8 Å². The summed E-state index contributed by atoms with van der Waals surface area (Å²) in [5.74, 6) is -0.165. The monoisotopic (exact) mass is 203 g/mol. The predicted octanol–water partition coefficient (Wildman–Crippen LogP) is 0.295. The van der Waals surface area contributed by atoms with E-state index in [0.29, 0.717) is 19.8 Å². The number of ether oxygens (including phenoxy) is 1. The number of Topliss-reactive ketones (excluding diaryl/α,β-unsaturated/α-hetero) is 1. The molecule has 1 fully saturated rings. The van der Waals surface area contributed by atoms with Crippen molar-refractivity contribution in [2.24, 2.45) is 0 Å². The second-order valence-corrected chi connectivity index (χ2v) is 3.04. The lowest BCUT2D eigenvalue weighted by molar-refractivity contribution is -0.126. The summed E-state index contributed by atoms with van der Waals surface area (Å²) < 4.78 is 5.13. The third kappa shape index (κ3) is 5.32. The molecule has 0 radical (unpaired) electrons. The van der Waals surface area contributed by atoms with Gasteiger partial charge in [-0.05, 0) is 6.92 Å². The van der Waals surface area contributed by atoms with E-state index in [-0.39, 0.29) is 5.78 Å². The fraction of sp³-hybridized carbons (Fsp3) is 0.900. The molecule has 1 atom stereocenters. The summed E-state index contributed by atoms with van der Waals surface area (Å²) in [6.07, 6.45) is -0.830. The molecule has 0 aromatic heterocycles. The van der Waals surface area contributed by atoms with Crippen LogP contribution >= 0.6 is 0 Å². The molecule has 1 N–H and O–H groups in total. The highest BCUT2D eigenvalue weighted by Gasteiger charge is 2.17. The van der Waals surface area contributed by atoms with Crippen LogP contribution in [0.4, 0.5) is 0 Å². The van der Waals surface area contributed by atoms with Crippen LogP contribution in [-0.2, 0) is 9.53 Å². The van der Waals surface area contributed by atoms with E-state index in [4.69, 9.17) is 4.74 Å². The van der Waals surface area contributed by atoms with Gasteiger partial charge in [0.25, 0.3) is 0 Å². The first kappa shape index (κ1) is 13.5. The van der Waals surface area contributed by atoms with Crippen LogP contribution in [0.25, 0.3) is 0 Å². The molecule has 1 unspecified atom stereocenters. The molecule has 14 heavy (non-hydrogen) atoms. The fourth-order valence-corrected chi connectivity index (χ4v) is 1.16. The van der Waals surface area contributed by atoms with Crippen LogP contribution in [0.2, 0.25) is 0 Å². The molecule has 4 heteroatoms. The molecule has 0 aliphatic carbocycles. The summed E-state index contributed by atoms with van der Waals surface area (Å²) >= 11 is 0. The number of hydrogen-bond donors (Lipinski definition) is 1. The van der Waals surface area contributed by atoms with Crippen molar-refractivity contribution in [2.45, 2.75) is 26.9 Å². The Kier molecular flexibility index (Phi) is 7.65. The van der Waals surface area contributed by atoms with Crippen LogP contribution in [0, 0.1) is 0 Å². The molecule has 0 aromatic carbocycles. The van der Waals surface area contributed by atoms with Crippen molar-refractivity contribution in [3.63, 3.8) is 0 Å². The Labute approximate surface area is 85.9 Å². The first-order chi connectivity index (χ1) is 6.70. The molecule has 4 nitrogen and oxygen atoms in total. The lowest BCUT2D eigenvalue weighted by Gasteiger charge is -2.27. The van der Waals surface area contributed by atoms with E-state index < -0.39 is 6.10 Å². The summed E-state index contributed by atoms with van der Waals surface area (Å²) in [5, 5.41) is 9.25. The molecule has 1 aliphatic rings. The van der Waals surface area contributed by atoms with E-state index in [1.54, 1.807) is 0 Å². The van der Waals surface area contributed by atoms with Gasteiger partial charge in [0, 0.05) is 19.6 Å². The Morgan fingerprint density at radius 2 is 1.93 bits per heavy atom. The van der Waals surface area contributed by atoms with Gasteiger partial charge < -0.3 is 9.84 Å². The number of aliphatic hydroxyl groups is 1. The molecule has 0 spiro atoms. The van der Waals surface area contributed by atoms with Crippen LogP contribution in [0.5, 0.6) is 0 Å². The van der Waals surface area contributed by atoms with Crippen molar-refractivity contribution in [1.29, 1.82) is 0 Å². The average molecular weight is 203 g/mol. The fourth-order valence-electron chi connectivity index (χ4n) is 1.16. The molecule has 1 heterocycles. The highest BCUT2D eigenvalue weighted by molar-refractivity contribution is 5.80. The standard InChI is InChI=1S/C8H15NO3.C2H6/c1-7(10)8(11)6-9-2-4-12-5-3-9;1-2/h8,11H,2-6H2,1H3;1-2H3. The number of carbonyl (C=O) groups is 1. The van der Waals surface area contributed by atoms with Crippen molar-refractivity contribution in [3.05, 3.63) is 0 Å². The van der Waals surface area contributed by atoms with Crippen molar-refractivity contribution >= 4 is 5.78 Å². The van der Waals surface area contributed by atoms with Gasteiger partial charge >= 0.3 is 0 Å². The Hall–Kier alpha value is -0.450. The number of hydrogen-bond acceptors (Lipinski definition) is 4. The van der Waals surface area contributed by atoms with Crippen LogP contribution < -0.4 is 0 Å². The summed E-state index contributed by atoms with van der Waals surface area (Å²) in [6, 6.07) is 0. The van der Waals surface area contributed by atoms with E-state index in [2.05, 4.69) is 0 Å². The molecule has 0 aromatic rings. The van der Waals surface area contributed by atoms with Gasteiger partial charge in [-0.25, -0.2) is 0 Å². The van der Waals surface area contributed by atoms with Gasteiger partial charge in [0.15, 0.2) is 5.78 Å². The van der Waals surface area contributed by atoms with Gasteiger partial charge in [-0.2, -0.15) is 0 Å². The van der Waals surface area contributed by atoms with E-state index in [9.17, 15) is 9.90 Å². The molecule has 0 amide bonds. The second-order valence-electron chi connectivity index (χ2n) is 3.04. The maximum absolute atomic E-state index is 10.7. The van der Waals surface area contributed by atoms with Gasteiger partial charge in [-0.3, -0.25) is 9.69 Å². The minimum Gasteiger partial charge on any atom is -0.384 e. The summed E-state index contributed by atoms with van der Waals surface area (Å²) in [5.41, 5.74) is 0. The predicted molar refractivity (Wildman–Crippen MR) is 55.3 cm³/mol. The van der Waals surface area contributed by atoms with Gasteiger partial charge in [-0.15, -0.1) is 0 Å². The number of ketones is 1. The minimum atomic E-state index is -0.830. The number of β-amino-alcohol motifs (C(OH)–C–C–N with tert-alkyl or cyclic N) is 1. The van der Waals surface area contributed by atoms with Gasteiger partial charge in [0.05, 0.1) is 13.2 Å². The van der Waals surface area contributed by atoms with Gasteiger partial charge in [-0.1, -0.05) is 13.8 Å². The highest BCUT2D eigenvalue weighted by atomic mass is 16.5. The third-order valence-electron chi connectivity index (χ3n) is 2.00. The Bertz CT molecular complexity index is 155. The molecule has 1 aliphatic heterocycles. The normalized spacial score (nSPS) is 19.4. The van der Waals surface area contributed by atoms with Crippen LogP contribution in [0.1, 0.15) is 20.8 Å². The highest BCUT2D eigenvalue weighted by Crippen LogP contribution is 1.98. The van der Waals surface area contributed by atoms with Crippen LogP contribution in [0.15, 0.2) is 0 Å². The third-order valence-corrected chi connectivity index (χ3v) is 2.00. The lowest BCUT2D eigenvalue weighted by atomic mass is 10.2. The number of carbonyl (C=O) groups excluding carboxylic acids is 1. The summed E-state index contributed by atoms with van der Waals surface area (Å²) in [7, 11) is 0. The van der Waals surface area contributed by atoms with Crippen molar-refractivity contribution < 1.29 is 14.6 Å². The molecule has 1 saturated heterocycles. The molecular formula is C10H21NO3. The van der Waals surface area contributed by atoms with Crippen LogP contribution in [-0.4, -0.2) is 54.7 Å². The zero-order chi connectivity index (χ0) is 11.0. The minimum absolute atomic E-state index is 0.165. The molecule has 0 bridgehead atoms. The second kappa shape index (κ2) is 7.91. The number of morpholine rings is 1. The Morgan fingerprint density at radius 3 is 2.36 bits per heavy atom. The first-order valence-electron chi connectivity index (χ1n) is 5.19. The first-order valence-corrected chi connectivity index (χ1v) is 5.19. The van der Waals surface area contributed by atoms with Gasteiger partial charge in [0.2, 0.25) is 0 Å². The topological polar surface area (TPSA) is 49.8 Å². The Morgan fingerprint density at radius 1 is 1.43 bits per heavy atom. The van der Waals surface area contributed by atoms with Crippen LogP contribution in [0.3, 0.4) is 0 Å². The van der Waals surface area contributed by atoms with E-state index in [0.717, 1.165) is 13.1 Å². The number of rotatable bonds is 3. The number of nitrogens with zero attached hydrogens (tertiary/aromatic N) is 1. The van der Waals surface area contributed by atoms with Crippen molar-refractivity contribution in [1.82, 2.24) is 4.90 Å². The van der Waals surface area contributed by atoms with E-state index in [1.807, 2.05) is 18.7 Å². The summed E-state index contributed by atoms with van der Waals surface area (Å²) in [4.78, 5) is 12.7. The van der Waals surface area contributed by atoms with Crippen molar-refractivity contribution in [3.8, 4) is 0 Å².